The standard InChI is InChI=1S/C34H34ClNO6S/c1-2-41-25-15-12-21(13-16-25)18-24-19-23(14-17-26(24)35)33-32(39)31(38)30(37)28(42-33)20-43-29-11-7-6-10-27(29)36-34(40)22-8-4-3-5-9-22/h3-17,19,28,30-33,37-39H,2,18,20H2,1H3,(H,36,40)/t28-,30-,31+,32?,33?/m1/s1. The summed E-state index contributed by atoms with van der Waals surface area (Å²) in [5, 5.41) is 36.0. The summed E-state index contributed by atoms with van der Waals surface area (Å²) in [4.78, 5) is 13.5. The van der Waals surface area contributed by atoms with Gasteiger partial charge in [0.05, 0.1) is 18.4 Å². The Morgan fingerprint density at radius 2 is 1.63 bits per heavy atom. The monoisotopic (exact) mass is 619 g/mol. The Morgan fingerprint density at radius 1 is 0.907 bits per heavy atom. The van der Waals surface area contributed by atoms with Crippen LogP contribution in [0.1, 0.15) is 40.1 Å². The molecule has 1 fully saturated rings. The molecule has 0 radical (unpaired) electrons. The van der Waals surface area contributed by atoms with E-state index in [1.165, 1.54) is 11.8 Å². The van der Waals surface area contributed by atoms with E-state index >= 15 is 0 Å². The van der Waals surface area contributed by atoms with E-state index in [0.29, 0.717) is 34.9 Å². The SMILES string of the molecule is CCOc1ccc(Cc2cc(C3O[C@H](CSc4ccccc4NC(=O)c4ccccc4)[C@@H](O)[C@H](O)C3O)ccc2Cl)cc1. The summed E-state index contributed by atoms with van der Waals surface area (Å²) >= 11 is 7.92. The number of thioether (sulfide) groups is 1. The van der Waals surface area contributed by atoms with Gasteiger partial charge in [0.2, 0.25) is 0 Å². The maximum Gasteiger partial charge on any atom is 0.255 e. The normalized spacial score (nSPS) is 21.7. The molecular formula is C34H34ClNO6S. The van der Waals surface area contributed by atoms with Crippen molar-refractivity contribution < 1.29 is 29.6 Å². The van der Waals surface area contributed by atoms with Crippen LogP contribution in [-0.4, -0.2) is 58.0 Å². The van der Waals surface area contributed by atoms with Crippen molar-refractivity contribution in [3.8, 4) is 5.75 Å². The molecule has 1 aliphatic heterocycles. The van der Waals surface area contributed by atoms with Gasteiger partial charge in [0.1, 0.15) is 30.2 Å². The summed E-state index contributed by atoms with van der Waals surface area (Å²) in [5.74, 6) is 0.833. The number of aliphatic hydroxyl groups is 3. The molecule has 9 heteroatoms. The Kier molecular flexibility index (Phi) is 10.4. The van der Waals surface area contributed by atoms with E-state index in [9.17, 15) is 20.1 Å². The fourth-order valence-corrected chi connectivity index (χ4v) is 6.27. The highest BCUT2D eigenvalue weighted by Crippen LogP contribution is 2.37. The molecule has 1 saturated heterocycles. The van der Waals surface area contributed by atoms with Crippen molar-refractivity contribution in [2.45, 2.75) is 48.8 Å². The van der Waals surface area contributed by atoms with Gasteiger partial charge in [-0.3, -0.25) is 4.79 Å². The Morgan fingerprint density at radius 3 is 2.37 bits per heavy atom. The summed E-state index contributed by atoms with van der Waals surface area (Å²) < 4.78 is 11.8. The number of benzene rings is 4. The van der Waals surface area contributed by atoms with Crippen LogP contribution in [0.25, 0.3) is 0 Å². The van der Waals surface area contributed by atoms with E-state index in [-0.39, 0.29) is 11.7 Å². The van der Waals surface area contributed by atoms with Crippen LogP contribution in [0.4, 0.5) is 5.69 Å². The highest BCUT2D eigenvalue weighted by molar-refractivity contribution is 7.99. The minimum Gasteiger partial charge on any atom is -0.494 e. The molecule has 5 atom stereocenters. The van der Waals surface area contributed by atoms with Crippen molar-refractivity contribution in [3.63, 3.8) is 0 Å². The number of para-hydroxylation sites is 1. The molecule has 1 amide bonds. The Hall–Kier alpha value is -3.37. The van der Waals surface area contributed by atoms with Crippen LogP contribution in [0.15, 0.2) is 102 Å². The van der Waals surface area contributed by atoms with Gasteiger partial charge in [0.15, 0.2) is 0 Å². The van der Waals surface area contributed by atoms with Crippen molar-refractivity contribution >= 4 is 35.0 Å². The summed E-state index contributed by atoms with van der Waals surface area (Å²) in [6.45, 7) is 2.53. The van der Waals surface area contributed by atoms with E-state index in [1.807, 2.05) is 67.6 Å². The second-order valence-electron chi connectivity index (χ2n) is 10.3. The first-order valence-corrected chi connectivity index (χ1v) is 15.5. The van der Waals surface area contributed by atoms with Crippen LogP contribution in [0.5, 0.6) is 5.75 Å². The predicted molar refractivity (Wildman–Crippen MR) is 169 cm³/mol. The van der Waals surface area contributed by atoms with E-state index in [1.54, 1.807) is 36.4 Å². The fourth-order valence-electron chi connectivity index (χ4n) is 5.01. The molecule has 224 valence electrons. The zero-order valence-corrected chi connectivity index (χ0v) is 25.2. The smallest absolute Gasteiger partial charge is 0.255 e. The number of anilines is 1. The van der Waals surface area contributed by atoms with Gasteiger partial charge in [-0.1, -0.05) is 66.2 Å². The maximum absolute atomic E-state index is 12.8. The van der Waals surface area contributed by atoms with Crippen molar-refractivity contribution in [1.82, 2.24) is 0 Å². The molecule has 1 heterocycles. The lowest BCUT2D eigenvalue weighted by atomic mass is 9.90. The third kappa shape index (κ3) is 7.59. The number of nitrogens with one attached hydrogen (secondary N) is 1. The summed E-state index contributed by atoms with van der Waals surface area (Å²) in [6, 6.07) is 29.5. The van der Waals surface area contributed by atoms with Gasteiger partial charge in [-0.25, -0.2) is 0 Å². The molecule has 0 aromatic heterocycles. The van der Waals surface area contributed by atoms with Gasteiger partial charge in [-0.05, 0) is 72.5 Å². The zero-order valence-electron chi connectivity index (χ0n) is 23.6. The van der Waals surface area contributed by atoms with E-state index < -0.39 is 30.5 Å². The number of carbonyl (C=O) groups is 1. The highest BCUT2D eigenvalue weighted by atomic mass is 35.5. The summed E-state index contributed by atoms with van der Waals surface area (Å²) in [7, 11) is 0. The van der Waals surface area contributed by atoms with Crippen LogP contribution in [0.3, 0.4) is 0 Å². The predicted octanol–water partition coefficient (Wildman–Crippen LogP) is 5.90. The molecule has 43 heavy (non-hydrogen) atoms. The first-order valence-electron chi connectivity index (χ1n) is 14.1. The molecule has 2 unspecified atom stereocenters. The first-order chi connectivity index (χ1) is 20.8. The molecule has 1 aliphatic rings. The lowest BCUT2D eigenvalue weighted by Gasteiger charge is -2.41. The minimum atomic E-state index is -1.41. The van der Waals surface area contributed by atoms with Gasteiger partial charge < -0.3 is 30.1 Å². The number of amides is 1. The topological polar surface area (TPSA) is 108 Å². The first kappa shape index (κ1) is 31.1. The van der Waals surface area contributed by atoms with Gasteiger partial charge in [0, 0.05) is 21.2 Å². The van der Waals surface area contributed by atoms with Gasteiger partial charge >= 0.3 is 0 Å². The van der Waals surface area contributed by atoms with Crippen LogP contribution < -0.4 is 10.1 Å². The lowest BCUT2D eigenvalue weighted by Crippen LogP contribution is -2.54. The third-order valence-corrected chi connectivity index (χ3v) is 8.84. The van der Waals surface area contributed by atoms with Crippen molar-refractivity contribution in [2.24, 2.45) is 0 Å². The van der Waals surface area contributed by atoms with E-state index in [2.05, 4.69) is 5.32 Å². The highest BCUT2D eigenvalue weighted by Gasteiger charge is 2.44. The van der Waals surface area contributed by atoms with Crippen LogP contribution in [0, 0.1) is 0 Å². The number of ether oxygens (including phenoxy) is 2. The average Bonchev–Trinajstić information content (AvgIpc) is 3.03. The quantitative estimate of drug-likeness (QED) is 0.164. The van der Waals surface area contributed by atoms with E-state index in [0.717, 1.165) is 21.8 Å². The maximum atomic E-state index is 12.8. The number of hydrogen-bond donors (Lipinski definition) is 4. The second-order valence-corrected chi connectivity index (χ2v) is 11.8. The molecule has 4 aromatic carbocycles. The van der Waals surface area contributed by atoms with Crippen molar-refractivity contribution in [2.75, 3.05) is 17.7 Å². The molecule has 0 bridgehead atoms. The summed E-state index contributed by atoms with van der Waals surface area (Å²) in [5.41, 5.74) is 3.69. The molecular weight excluding hydrogens is 586 g/mol. The van der Waals surface area contributed by atoms with Crippen LogP contribution in [-0.2, 0) is 11.2 Å². The molecule has 4 aromatic rings. The number of halogens is 1. The van der Waals surface area contributed by atoms with Gasteiger partial charge in [-0.2, -0.15) is 0 Å². The summed E-state index contributed by atoms with van der Waals surface area (Å²) in [6.07, 6.45) is -5.18. The zero-order chi connectivity index (χ0) is 30.3. The molecule has 0 saturated carbocycles. The van der Waals surface area contributed by atoms with Crippen molar-refractivity contribution in [1.29, 1.82) is 0 Å². The molecule has 0 spiro atoms. The van der Waals surface area contributed by atoms with E-state index in [4.69, 9.17) is 21.1 Å². The number of hydrogen-bond acceptors (Lipinski definition) is 7. The molecule has 7 nitrogen and oxygen atoms in total. The van der Waals surface area contributed by atoms with Crippen LogP contribution >= 0.6 is 23.4 Å². The third-order valence-electron chi connectivity index (χ3n) is 7.31. The number of rotatable bonds is 10. The molecule has 5 rings (SSSR count). The Labute approximate surface area is 260 Å². The molecule has 0 aliphatic carbocycles. The lowest BCUT2D eigenvalue weighted by molar-refractivity contribution is -0.218. The Bertz CT molecular complexity index is 1520. The molecule has 4 N–H and O–H groups in total. The Balaban J connectivity index is 1.30. The second kappa shape index (κ2) is 14.4. The largest absolute Gasteiger partial charge is 0.494 e. The minimum absolute atomic E-state index is 0.231. The number of carbonyl (C=O) groups excluding carboxylic acids is 1. The fraction of sp³-hybridized carbons (Fsp3) is 0.265. The van der Waals surface area contributed by atoms with Gasteiger partial charge in [0.25, 0.3) is 5.91 Å². The van der Waals surface area contributed by atoms with Crippen molar-refractivity contribution in [3.05, 3.63) is 124 Å². The average molecular weight is 620 g/mol. The number of aliphatic hydroxyl groups excluding tert-OH is 3. The van der Waals surface area contributed by atoms with Gasteiger partial charge in [-0.15, -0.1) is 11.8 Å². The van der Waals surface area contributed by atoms with Crippen LogP contribution in [0.2, 0.25) is 5.02 Å².